The molecule has 1 aliphatic heterocycles. The summed E-state index contributed by atoms with van der Waals surface area (Å²) in [7, 11) is -3.64. The first-order valence-electron chi connectivity index (χ1n) is 4.19. The van der Waals surface area contributed by atoms with Crippen LogP contribution in [0.15, 0.2) is 29.2 Å². The van der Waals surface area contributed by atoms with Gasteiger partial charge in [-0.3, -0.25) is 0 Å². The number of epoxide rings is 1. The molecule has 1 aliphatic rings. The number of hydrogen-bond acceptors (Lipinski definition) is 4. The van der Waals surface area contributed by atoms with Crippen LogP contribution in [0.1, 0.15) is 5.56 Å². The molecule has 1 aromatic rings. The van der Waals surface area contributed by atoms with Crippen molar-refractivity contribution < 1.29 is 17.3 Å². The highest BCUT2D eigenvalue weighted by atomic mass is 32.2. The molecule has 0 radical (unpaired) electrons. The summed E-state index contributed by atoms with van der Waals surface area (Å²) in [6, 6.07) is 6.49. The summed E-state index contributed by atoms with van der Waals surface area (Å²) >= 11 is 0. The van der Waals surface area contributed by atoms with Crippen molar-refractivity contribution in [1.82, 2.24) is 0 Å². The third-order valence-corrected chi connectivity index (χ3v) is 3.16. The summed E-state index contributed by atoms with van der Waals surface area (Å²) in [5.74, 6) is 0. The SMILES string of the molecule is Cc1ccc(S(=O)(=O)O[C@H]2CO2)cc1. The summed E-state index contributed by atoms with van der Waals surface area (Å²) < 4.78 is 32.4. The van der Waals surface area contributed by atoms with E-state index in [-0.39, 0.29) is 4.90 Å². The van der Waals surface area contributed by atoms with E-state index in [1.807, 2.05) is 6.92 Å². The van der Waals surface area contributed by atoms with Gasteiger partial charge in [-0.25, -0.2) is 4.18 Å². The highest BCUT2D eigenvalue weighted by molar-refractivity contribution is 7.86. The number of hydrogen-bond donors (Lipinski definition) is 0. The van der Waals surface area contributed by atoms with Crippen LogP contribution in [-0.4, -0.2) is 21.3 Å². The summed E-state index contributed by atoms with van der Waals surface area (Å²) in [5.41, 5.74) is 1.01. The van der Waals surface area contributed by atoms with Gasteiger partial charge in [-0.1, -0.05) is 17.7 Å². The average Bonchev–Trinajstić information content (AvgIpc) is 2.88. The minimum Gasteiger partial charge on any atom is -0.344 e. The molecular weight excluding hydrogens is 204 g/mol. The van der Waals surface area contributed by atoms with Crippen LogP contribution in [0.3, 0.4) is 0 Å². The predicted octanol–water partition coefficient (Wildman–Crippen LogP) is 1.06. The fourth-order valence-corrected chi connectivity index (χ4v) is 1.97. The van der Waals surface area contributed by atoms with Crippen molar-refractivity contribution in [2.75, 3.05) is 6.61 Å². The van der Waals surface area contributed by atoms with Crippen LogP contribution < -0.4 is 0 Å². The molecule has 0 bridgehead atoms. The molecule has 0 spiro atoms. The Labute approximate surface area is 82.6 Å². The molecule has 1 heterocycles. The Bertz CT molecular complexity index is 417. The van der Waals surface area contributed by atoms with E-state index in [1.54, 1.807) is 12.1 Å². The van der Waals surface area contributed by atoms with Gasteiger partial charge in [0.25, 0.3) is 10.1 Å². The zero-order valence-electron chi connectivity index (χ0n) is 7.64. The second-order valence-corrected chi connectivity index (χ2v) is 4.70. The molecule has 0 amide bonds. The minimum atomic E-state index is -3.64. The Morgan fingerprint density at radius 3 is 2.43 bits per heavy atom. The number of ether oxygens (including phenoxy) is 1. The molecule has 1 atom stereocenters. The van der Waals surface area contributed by atoms with Gasteiger partial charge in [-0.05, 0) is 19.1 Å². The topological polar surface area (TPSA) is 55.9 Å². The Morgan fingerprint density at radius 2 is 1.93 bits per heavy atom. The van der Waals surface area contributed by atoms with Gasteiger partial charge < -0.3 is 4.74 Å². The van der Waals surface area contributed by atoms with Gasteiger partial charge in [0.05, 0.1) is 4.90 Å². The van der Waals surface area contributed by atoms with Crippen molar-refractivity contribution in [1.29, 1.82) is 0 Å². The molecule has 76 valence electrons. The Kier molecular flexibility index (Phi) is 2.30. The van der Waals surface area contributed by atoms with Gasteiger partial charge in [0, 0.05) is 0 Å². The van der Waals surface area contributed by atoms with Crippen LogP contribution >= 0.6 is 0 Å². The maximum atomic E-state index is 11.5. The van der Waals surface area contributed by atoms with E-state index >= 15 is 0 Å². The molecule has 1 saturated heterocycles. The van der Waals surface area contributed by atoms with Crippen molar-refractivity contribution >= 4 is 10.1 Å². The maximum absolute atomic E-state index is 11.5. The molecule has 0 aliphatic carbocycles. The van der Waals surface area contributed by atoms with Gasteiger partial charge in [0.15, 0.2) is 6.29 Å². The molecule has 0 unspecified atom stereocenters. The highest BCUT2D eigenvalue weighted by Crippen LogP contribution is 2.20. The lowest BCUT2D eigenvalue weighted by atomic mass is 10.2. The predicted molar refractivity (Wildman–Crippen MR) is 49.2 cm³/mol. The van der Waals surface area contributed by atoms with Crippen molar-refractivity contribution in [2.45, 2.75) is 18.1 Å². The van der Waals surface area contributed by atoms with E-state index in [1.165, 1.54) is 12.1 Å². The lowest BCUT2D eigenvalue weighted by molar-refractivity contribution is 0.186. The van der Waals surface area contributed by atoms with Gasteiger partial charge in [0.2, 0.25) is 0 Å². The zero-order valence-corrected chi connectivity index (χ0v) is 8.45. The summed E-state index contributed by atoms with van der Waals surface area (Å²) in [4.78, 5) is 0.165. The van der Waals surface area contributed by atoms with E-state index in [2.05, 4.69) is 4.74 Å². The van der Waals surface area contributed by atoms with Crippen molar-refractivity contribution in [2.24, 2.45) is 0 Å². The standard InChI is InChI=1S/C9H10O4S/c1-7-2-4-8(5-3-7)14(10,11)13-9-6-12-9/h2-5,9H,6H2,1H3/t9-/m0/s1. The van der Waals surface area contributed by atoms with Crippen LogP contribution in [0, 0.1) is 6.92 Å². The Balaban J connectivity index is 2.24. The van der Waals surface area contributed by atoms with E-state index in [4.69, 9.17) is 4.18 Å². The lowest BCUT2D eigenvalue weighted by Crippen LogP contribution is -2.08. The smallest absolute Gasteiger partial charge is 0.299 e. The molecule has 0 saturated carbocycles. The normalized spacial score (nSPS) is 20.8. The van der Waals surface area contributed by atoms with E-state index in [0.717, 1.165) is 5.56 Å². The third kappa shape index (κ3) is 2.12. The molecule has 2 rings (SSSR count). The number of benzene rings is 1. The molecule has 1 fully saturated rings. The fourth-order valence-electron chi connectivity index (χ4n) is 0.997. The van der Waals surface area contributed by atoms with Gasteiger partial charge in [-0.15, -0.1) is 0 Å². The molecule has 5 heteroatoms. The fraction of sp³-hybridized carbons (Fsp3) is 0.333. The van der Waals surface area contributed by atoms with Crippen LogP contribution in [0.25, 0.3) is 0 Å². The first-order valence-corrected chi connectivity index (χ1v) is 5.60. The van der Waals surface area contributed by atoms with Crippen molar-refractivity contribution in [3.63, 3.8) is 0 Å². The van der Waals surface area contributed by atoms with E-state index in [0.29, 0.717) is 6.61 Å². The molecule has 0 N–H and O–H groups in total. The minimum absolute atomic E-state index is 0.165. The molecule has 14 heavy (non-hydrogen) atoms. The van der Waals surface area contributed by atoms with Crippen LogP contribution in [0.5, 0.6) is 0 Å². The molecular formula is C9H10O4S. The lowest BCUT2D eigenvalue weighted by Gasteiger charge is -2.02. The van der Waals surface area contributed by atoms with Gasteiger partial charge in [0.1, 0.15) is 6.61 Å². The van der Waals surface area contributed by atoms with Crippen LogP contribution in [-0.2, 0) is 19.0 Å². The third-order valence-electron chi connectivity index (χ3n) is 1.85. The van der Waals surface area contributed by atoms with Gasteiger partial charge in [-0.2, -0.15) is 8.42 Å². The summed E-state index contributed by atoms with van der Waals surface area (Å²) in [5, 5.41) is 0. The van der Waals surface area contributed by atoms with Crippen LogP contribution in [0.4, 0.5) is 0 Å². The second-order valence-electron chi connectivity index (χ2n) is 3.13. The Morgan fingerprint density at radius 1 is 1.36 bits per heavy atom. The van der Waals surface area contributed by atoms with Gasteiger partial charge >= 0.3 is 0 Å². The molecule has 4 nitrogen and oxygen atoms in total. The van der Waals surface area contributed by atoms with E-state index in [9.17, 15) is 8.42 Å². The van der Waals surface area contributed by atoms with Crippen molar-refractivity contribution in [3.05, 3.63) is 29.8 Å². The zero-order chi connectivity index (χ0) is 10.2. The number of aryl methyl sites for hydroxylation is 1. The highest BCUT2D eigenvalue weighted by Gasteiger charge is 2.31. The first kappa shape index (κ1) is 9.64. The summed E-state index contributed by atoms with van der Waals surface area (Å²) in [6.07, 6.45) is -0.582. The van der Waals surface area contributed by atoms with E-state index < -0.39 is 16.4 Å². The van der Waals surface area contributed by atoms with Crippen molar-refractivity contribution in [3.8, 4) is 0 Å². The molecule has 0 aromatic heterocycles. The maximum Gasteiger partial charge on any atom is 0.299 e. The quantitative estimate of drug-likeness (QED) is 0.557. The monoisotopic (exact) mass is 214 g/mol. The summed E-state index contributed by atoms with van der Waals surface area (Å²) in [6.45, 7) is 2.24. The second kappa shape index (κ2) is 3.34. The number of rotatable bonds is 3. The van der Waals surface area contributed by atoms with Crippen LogP contribution in [0.2, 0.25) is 0 Å². The first-order chi connectivity index (χ1) is 6.58. The molecule has 1 aromatic carbocycles. The Hall–Kier alpha value is -0.910. The average molecular weight is 214 g/mol. The largest absolute Gasteiger partial charge is 0.344 e.